The zero-order chi connectivity index (χ0) is 8.84. The lowest BCUT2D eigenvalue weighted by molar-refractivity contribution is 0.114. The third-order valence-electron chi connectivity index (χ3n) is 4.06. The molecular weight excluding hydrogens is 268 g/mol. The summed E-state index contributed by atoms with van der Waals surface area (Å²) in [4.78, 5) is 5.29. The largest absolute Gasteiger partial charge is 0.315 e. The fraction of sp³-hybridized carbons (Fsp3) is 1.00. The Hall–Kier alpha value is 0.750. The summed E-state index contributed by atoms with van der Waals surface area (Å²) in [5.41, 5.74) is 0. The van der Waals surface area contributed by atoms with Crippen molar-refractivity contribution in [3.05, 3.63) is 0 Å². The van der Waals surface area contributed by atoms with Gasteiger partial charge in [0.1, 0.15) is 0 Å². The number of likely N-dealkylation sites (N-methyl/N-ethyl adjacent to an activating group) is 1. The molecule has 0 amide bonds. The molecule has 0 aromatic carbocycles. The average Bonchev–Trinajstić information content (AvgIpc) is 2.75. The van der Waals surface area contributed by atoms with E-state index in [1.165, 1.54) is 39.0 Å². The van der Waals surface area contributed by atoms with Gasteiger partial charge in [-0.25, -0.2) is 0 Å². The van der Waals surface area contributed by atoms with E-state index < -0.39 is 0 Å². The monoisotopic (exact) mass is 289 g/mol. The van der Waals surface area contributed by atoms with Gasteiger partial charge in [-0.05, 0) is 26.4 Å². The van der Waals surface area contributed by atoms with Crippen molar-refractivity contribution < 1.29 is 0 Å². The zero-order valence-corrected chi connectivity index (χ0v) is 12.0. The molecule has 0 unspecified atom stereocenters. The Kier molecular flexibility index (Phi) is 6.93. The van der Waals surface area contributed by atoms with Crippen LogP contribution in [-0.2, 0) is 0 Å². The second-order valence-corrected chi connectivity index (χ2v) is 4.83. The van der Waals surface area contributed by atoms with Gasteiger partial charge in [0, 0.05) is 37.8 Å². The van der Waals surface area contributed by atoms with Crippen molar-refractivity contribution >= 4 is 37.2 Å². The highest BCUT2D eigenvalue weighted by atomic mass is 35.5. The second kappa shape index (κ2) is 6.62. The lowest BCUT2D eigenvalue weighted by atomic mass is 10.2. The molecule has 98 valence electrons. The number of halogens is 3. The lowest BCUT2D eigenvalue weighted by Gasteiger charge is -2.35. The summed E-state index contributed by atoms with van der Waals surface area (Å²) in [7, 11) is 2.27. The summed E-state index contributed by atoms with van der Waals surface area (Å²) in [6.07, 6.45) is 2.79. The molecule has 0 radical (unpaired) electrons. The lowest BCUT2D eigenvalue weighted by Crippen LogP contribution is -2.49. The van der Waals surface area contributed by atoms with E-state index in [0.29, 0.717) is 0 Å². The Bertz CT molecular complexity index is 209. The van der Waals surface area contributed by atoms with Crippen LogP contribution in [0.15, 0.2) is 0 Å². The molecule has 0 spiro atoms. The van der Waals surface area contributed by atoms with Crippen LogP contribution in [0.5, 0.6) is 0 Å². The van der Waals surface area contributed by atoms with Gasteiger partial charge in [-0.3, -0.25) is 4.90 Å². The first-order chi connectivity index (χ1) is 6.34. The number of hydrogen-bond acceptors (Lipinski definition) is 3. The van der Waals surface area contributed by atoms with Crippen molar-refractivity contribution in [1.29, 1.82) is 0 Å². The predicted molar refractivity (Wildman–Crippen MR) is 74.5 cm³/mol. The summed E-state index contributed by atoms with van der Waals surface area (Å²) in [6.45, 7) is 5.09. The average molecular weight is 291 g/mol. The summed E-state index contributed by atoms with van der Waals surface area (Å²) >= 11 is 0. The fourth-order valence-corrected chi connectivity index (χ4v) is 3.27. The van der Waals surface area contributed by atoms with E-state index in [1.807, 2.05) is 0 Å². The molecule has 1 N–H and O–H groups in total. The smallest absolute Gasteiger partial charge is 0.0242 e. The van der Waals surface area contributed by atoms with Crippen LogP contribution in [0.2, 0.25) is 0 Å². The Labute approximate surface area is 117 Å². The molecule has 0 aliphatic carbocycles. The standard InChI is InChI=1S/C10H19N3.3ClH/c1-12-6-10-4-9(12)7-13(10)8-2-3-11-5-8;;;/h8-11H,2-7H2,1H3;3*1H/t8-,9+,10+;;;/m1.../s1. The van der Waals surface area contributed by atoms with Crippen LogP contribution in [0, 0.1) is 0 Å². The maximum absolute atomic E-state index is 3.46. The summed E-state index contributed by atoms with van der Waals surface area (Å²) < 4.78 is 0. The SMILES string of the molecule is CN1C[C@@H]2C[C@H]1CN2[C@@H]1CCNC1.Cl.Cl.Cl. The van der Waals surface area contributed by atoms with E-state index in [0.717, 1.165) is 18.1 Å². The molecule has 3 nitrogen and oxygen atoms in total. The zero-order valence-electron chi connectivity index (χ0n) is 9.59. The van der Waals surface area contributed by atoms with Gasteiger partial charge in [0.25, 0.3) is 0 Å². The minimum absolute atomic E-state index is 0. The van der Waals surface area contributed by atoms with Gasteiger partial charge < -0.3 is 10.2 Å². The van der Waals surface area contributed by atoms with Crippen molar-refractivity contribution in [2.24, 2.45) is 0 Å². The van der Waals surface area contributed by atoms with Gasteiger partial charge in [0.15, 0.2) is 0 Å². The number of nitrogens with one attached hydrogen (secondary N) is 1. The summed E-state index contributed by atoms with van der Waals surface area (Å²) in [6, 6.07) is 2.59. The van der Waals surface area contributed by atoms with E-state index in [-0.39, 0.29) is 37.2 Å². The second-order valence-electron chi connectivity index (χ2n) is 4.83. The Balaban J connectivity index is 0.000000750. The van der Waals surface area contributed by atoms with E-state index in [9.17, 15) is 0 Å². The van der Waals surface area contributed by atoms with Crippen molar-refractivity contribution in [2.45, 2.75) is 31.0 Å². The first-order valence-electron chi connectivity index (χ1n) is 5.51. The van der Waals surface area contributed by atoms with Crippen molar-refractivity contribution in [3.63, 3.8) is 0 Å². The highest BCUT2D eigenvalue weighted by Crippen LogP contribution is 2.31. The Morgan fingerprint density at radius 2 is 1.75 bits per heavy atom. The van der Waals surface area contributed by atoms with E-state index in [2.05, 4.69) is 22.2 Å². The first-order valence-corrected chi connectivity index (χ1v) is 5.51. The van der Waals surface area contributed by atoms with Crippen LogP contribution in [0.3, 0.4) is 0 Å². The number of rotatable bonds is 1. The molecule has 0 aromatic rings. The van der Waals surface area contributed by atoms with Gasteiger partial charge >= 0.3 is 0 Å². The van der Waals surface area contributed by atoms with Gasteiger partial charge in [0.05, 0.1) is 0 Å². The van der Waals surface area contributed by atoms with Crippen LogP contribution in [-0.4, -0.2) is 61.2 Å². The molecule has 3 aliphatic heterocycles. The molecular formula is C10H22Cl3N3. The molecule has 3 atom stereocenters. The normalized spacial score (nSPS) is 37.7. The van der Waals surface area contributed by atoms with Crippen molar-refractivity contribution in [2.75, 3.05) is 33.2 Å². The number of nitrogens with zero attached hydrogens (tertiary/aromatic N) is 2. The minimum atomic E-state index is 0. The fourth-order valence-electron chi connectivity index (χ4n) is 3.27. The van der Waals surface area contributed by atoms with E-state index >= 15 is 0 Å². The summed E-state index contributed by atoms with van der Waals surface area (Å²) in [5.74, 6) is 0. The van der Waals surface area contributed by atoms with Gasteiger partial charge in [-0.1, -0.05) is 0 Å². The van der Waals surface area contributed by atoms with Crippen LogP contribution in [0.1, 0.15) is 12.8 Å². The van der Waals surface area contributed by atoms with Gasteiger partial charge in [-0.15, -0.1) is 37.2 Å². The van der Waals surface area contributed by atoms with Crippen molar-refractivity contribution in [3.8, 4) is 0 Å². The third-order valence-corrected chi connectivity index (χ3v) is 4.06. The van der Waals surface area contributed by atoms with Crippen molar-refractivity contribution in [1.82, 2.24) is 15.1 Å². The molecule has 3 saturated heterocycles. The highest BCUT2D eigenvalue weighted by molar-refractivity contribution is 5.86. The Morgan fingerprint density at radius 1 is 1.00 bits per heavy atom. The molecule has 2 bridgehead atoms. The number of piperazine rings is 1. The molecule has 3 aliphatic rings. The van der Waals surface area contributed by atoms with Gasteiger partial charge in [0.2, 0.25) is 0 Å². The van der Waals surface area contributed by atoms with Gasteiger partial charge in [-0.2, -0.15) is 0 Å². The van der Waals surface area contributed by atoms with Crippen LogP contribution < -0.4 is 5.32 Å². The molecule has 6 heteroatoms. The van der Waals surface area contributed by atoms with E-state index in [4.69, 9.17) is 0 Å². The minimum Gasteiger partial charge on any atom is -0.315 e. The quantitative estimate of drug-likeness (QED) is 0.777. The summed E-state index contributed by atoms with van der Waals surface area (Å²) in [5, 5.41) is 3.46. The van der Waals surface area contributed by atoms with Crippen LogP contribution >= 0.6 is 37.2 Å². The molecule has 3 heterocycles. The predicted octanol–water partition coefficient (Wildman–Crippen LogP) is 1.00. The van der Waals surface area contributed by atoms with Crippen LogP contribution in [0.25, 0.3) is 0 Å². The third kappa shape index (κ3) is 2.77. The maximum atomic E-state index is 3.46. The van der Waals surface area contributed by atoms with E-state index in [1.54, 1.807) is 0 Å². The number of hydrogen-bond donors (Lipinski definition) is 1. The molecule has 16 heavy (non-hydrogen) atoms. The molecule has 3 rings (SSSR count). The Morgan fingerprint density at radius 3 is 2.19 bits per heavy atom. The first kappa shape index (κ1) is 16.8. The highest BCUT2D eigenvalue weighted by Gasteiger charge is 2.44. The van der Waals surface area contributed by atoms with Crippen LogP contribution in [0.4, 0.5) is 0 Å². The maximum Gasteiger partial charge on any atom is 0.0242 e. The number of likely N-dealkylation sites (tertiary alicyclic amines) is 2. The molecule has 0 aromatic heterocycles. The molecule has 0 saturated carbocycles. The molecule has 3 fully saturated rings. The number of fused-ring (bicyclic) bond motifs is 2. The topological polar surface area (TPSA) is 18.5 Å².